The first kappa shape index (κ1) is 19.9. The average Bonchev–Trinajstić information content (AvgIpc) is 2.72. The van der Waals surface area contributed by atoms with Crippen LogP contribution in [0.15, 0.2) is 47.9 Å². The molecule has 0 saturated carbocycles. The molecule has 1 saturated heterocycles. The van der Waals surface area contributed by atoms with E-state index in [0.29, 0.717) is 23.6 Å². The molecule has 3 aromatic heterocycles. The van der Waals surface area contributed by atoms with E-state index in [4.69, 9.17) is 10.7 Å². The highest BCUT2D eigenvalue weighted by Gasteiger charge is 2.21. The van der Waals surface area contributed by atoms with Gasteiger partial charge in [0.2, 0.25) is 0 Å². The van der Waals surface area contributed by atoms with Crippen molar-refractivity contribution in [3.8, 4) is 0 Å². The number of pyridine rings is 2. The summed E-state index contributed by atoms with van der Waals surface area (Å²) < 4.78 is 0. The molecule has 0 atom stereocenters. The van der Waals surface area contributed by atoms with E-state index >= 15 is 0 Å². The number of nitrogens with two attached hydrogens (primary N) is 1. The molecular weight excluding hydrogens is 376 g/mol. The van der Waals surface area contributed by atoms with Crippen molar-refractivity contribution in [1.29, 1.82) is 0 Å². The van der Waals surface area contributed by atoms with Crippen LogP contribution < -0.4 is 11.1 Å². The lowest BCUT2D eigenvalue weighted by Crippen LogP contribution is -2.46. The molecule has 8 heteroatoms. The third kappa shape index (κ3) is 4.44. The van der Waals surface area contributed by atoms with Crippen molar-refractivity contribution >= 4 is 34.5 Å². The fourth-order valence-electron chi connectivity index (χ4n) is 3.28. The van der Waals surface area contributed by atoms with Gasteiger partial charge in [0.15, 0.2) is 5.82 Å². The zero-order valence-corrected chi connectivity index (χ0v) is 17.4. The Bertz CT molecular complexity index is 1100. The second-order valence-electron chi connectivity index (χ2n) is 7.89. The third-order valence-corrected chi connectivity index (χ3v) is 5.12. The maximum Gasteiger partial charge on any atom is 0.154 e. The Hall–Kier alpha value is -3.39. The molecular formula is C22H26N8. The van der Waals surface area contributed by atoms with Gasteiger partial charge in [-0.2, -0.15) is 5.10 Å². The van der Waals surface area contributed by atoms with Gasteiger partial charge in [-0.05, 0) is 42.8 Å². The van der Waals surface area contributed by atoms with E-state index in [2.05, 4.69) is 51.3 Å². The number of fused-ring (bicyclic) bond motifs is 1. The van der Waals surface area contributed by atoms with Crippen molar-refractivity contribution in [2.24, 2.45) is 10.7 Å². The Balaban J connectivity index is 1.57. The summed E-state index contributed by atoms with van der Waals surface area (Å²) >= 11 is 0. The summed E-state index contributed by atoms with van der Waals surface area (Å²) in [4.78, 5) is 16.1. The standard InChI is InChI=1S/C22H26N8/c1-14(2)15-7-22(29-26-11-15)28-21-5-4-19-20(27-21)6-16(9-25-19)17(8-23)10-24-18-12-30(3)13-18/h4-11,14,18H,12-13,23H2,1-3H3,(H,27,28,29). The number of nitrogens with one attached hydrogen (secondary N) is 1. The molecule has 30 heavy (non-hydrogen) atoms. The van der Waals surface area contributed by atoms with Crippen LogP contribution in [-0.2, 0) is 0 Å². The Kier molecular flexibility index (Phi) is 5.67. The molecule has 0 aromatic carbocycles. The largest absolute Gasteiger partial charge is 0.404 e. The molecule has 1 aliphatic heterocycles. The summed E-state index contributed by atoms with van der Waals surface area (Å²) in [7, 11) is 2.08. The first-order chi connectivity index (χ1) is 14.5. The number of nitrogens with zero attached hydrogens (tertiary/aromatic N) is 6. The van der Waals surface area contributed by atoms with Crippen molar-refractivity contribution in [2.45, 2.75) is 25.8 Å². The number of allylic oxidation sites excluding steroid dienone is 1. The topological polar surface area (TPSA) is 105 Å². The lowest BCUT2D eigenvalue weighted by molar-refractivity contribution is 0.194. The molecule has 0 spiro atoms. The average molecular weight is 403 g/mol. The molecule has 0 unspecified atom stereocenters. The summed E-state index contributed by atoms with van der Waals surface area (Å²) in [6.07, 6.45) is 6.97. The molecule has 4 rings (SSSR count). The third-order valence-electron chi connectivity index (χ3n) is 5.12. The Morgan fingerprint density at radius 3 is 2.77 bits per heavy atom. The van der Waals surface area contributed by atoms with Gasteiger partial charge in [-0.15, -0.1) is 5.10 Å². The quantitative estimate of drug-likeness (QED) is 0.611. The van der Waals surface area contributed by atoms with E-state index in [9.17, 15) is 0 Å². The van der Waals surface area contributed by atoms with Crippen LogP contribution in [0.25, 0.3) is 16.6 Å². The first-order valence-corrected chi connectivity index (χ1v) is 10.0. The molecule has 8 nitrogen and oxygen atoms in total. The van der Waals surface area contributed by atoms with E-state index < -0.39 is 0 Å². The van der Waals surface area contributed by atoms with E-state index in [1.165, 1.54) is 0 Å². The van der Waals surface area contributed by atoms with Crippen molar-refractivity contribution < 1.29 is 0 Å². The number of likely N-dealkylation sites (tertiary alicyclic amines) is 1. The van der Waals surface area contributed by atoms with Gasteiger partial charge in [-0.25, -0.2) is 4.98 Å². The van der Waals surface area contributed by atoms with Crippen LogP contribution in [-0.4, -0.2) is 57.5 Å². The van der Waals surface area contributed by atoms with Crippen molar-refractivity contribution in [1.82, 2.24) is 25.1 Å². The van der Waals surface area contributed by atoms with Gasteiger partial charge in [0.25, 0.3) is 0 Å². The molecule has 0 bridgehead atoms. The predicted molar refractivity (Wildman–Crippen MR) is 121 cm³/mol. The van der Waals surface area contributed by atoms with Gasteiger partial charge >= 0.3 is 0 Å². The maximum atomic E-state index is 5.85. The maximum absolute atomic E-state index is 5.85. The van der Waals surface area contributed by atoms with Crippen molar-refractivity contribution in [3.05, 3.63) is 54.0 Å². The second kappa shape index (κ2) is 8.54. The fourth-order valence-corrected chi connectivity index (χ4v) is 3.28. The normalized spacial score (nSPS) is 15.8. The van der Waals surface area contributed by atoms with E-state index in [1.807, 2.05) is 30.5 Å². The van der Waals surface area contributed by atoms with Crippen LogP contribution in [0.5, 0.6) is 0 Å². The molecule has 0 radical (unpaired) electrons. The van der Waals surface area contributed by atoms with Gasteiger partial charge < -0.3 is 16.0 Å². The predicted octanol–water partition coefficient (Wildman–Crippen LogP) is 2.97. The number of aromatic nitrogens is 4. The Morgan fingerprint density at radius 2 is 2.03 bits per heavy atom. The number of rotatable bonds is 6. The molecule has 3 N–H and O–H groups in total. The lowest BCUT2D eigenvalue weighted by Gasteiger charge is -2.33. The monoisotopic (exact) mass is 402 g/mol. The molecule has 154 valence electrons. The highest BCUT2D eigenvalue weighted by molar-refractivity contribution is 6.10. The number of anilines is 2. The summed E-state index contributed by atoms with van der Waals surface area (Å²) in [6.45, 7) is 6.19. The smallest absolute Gasteiger partial charge is 0.154 e. The van der Waals surface area contributed by atoms with Crippen LogP contribution >= 0.6 is 0 Å². The number of aliphatic imine (C=N–C) groups is 1. The minimum absolute atomic E-state index is 0.329. The zero-order valence-electron chi connectivity index (χ0n) is 17.4. The van der Waals surface area contributed by atoms with Crippen LogP contribution in [0, 0.1) is 0 Å². The fraction of sp³-hybridized carbons (Fsp3) is 0.318. The van der Waals surface area contributed by atoms with E-state index in [0.717, 1.165) is 40.8 Å². The summed E-state index contributed by atoms with van der Waals surface area (Å²) in [5.74, 6) is 1.72. The molecule has 1 aliphatic rings. The summed E-state index contributed by atoms with van der Waals surface area (Å²) in [6, 6.07) is 8.10. The van der Waals surface area contributed by atoms with Gasteiger partial charge in [0, 0.05) is 42.8 Å². The van der Waals surface area contributed by atoms with Gasteiger partial charge in [-0.3, -0.25) is 9.98 Å². The van der Waals surface area contributed by atoms with Crippen molar-refractivity contribution in [2.75, 3.05) is 25.5 Å². The van der Waals surface area contributed by atoms with Gasteiger partial charge in [-0.1, -0.05) is 13.8 Å². The van der Waals surface area contributed by atoms with Gasteiger partial charge in [0.1, 0.15) is 5.82 Å². The second-order valence-corrected chi connectivity index (χ2v) is 7.89. The molecule has 0 amide bonds. The van der Waals surface area contributed by atoms with E-state index in [1.54, 1.807) is 18.6 Å². The van der Waals surface area contributed by atoms with Crippen molar-refractivity contribution in [3.63, 3.8) is 0 Å². The lowest BCUT2D eigenvalue weighted by atomic mass is 10.1. The minimum Gasteiger partial charge on any atom is -0.404 e. The molecule has 1 fully saturated rings. The molecule has 3 aromatic rings. The first-order valence-electron chi connectivity index (χ1n) is 10.0. The van der Waals surface area contributed by atoms with E-state index in [-0.39, 0.29) is 0 Å². The summed E-state index contributed by atoms with van der Waals surface area (Å²) in [5.41, 5.74) is 10.3. The SMILES string of the molecule is CC(C)c1cnnc(Nc2ccc3ncc(C(C=NC4CN(C)C4)=CN)cc3n2)c1. The number of hydrogen-bond acceptors (Lipinski definition) is 8. The number of hydrogen-bond donors (Lipinski definition) is 2. The zero-order chi connectivity index (χ0) is 21.1. The minimum atomic E-state index is 0.329. The molecule has 0 aliphatic carbocycles. The Morgan fingerprint density at radius 1 is 1.20 bits per heavy atom. The number of likely N-dealkylation sites (N-methyl/N-ethyl adjacent to an activating group) is 1. The highest BCUT2D eigenvalue weighted by Crippen LogP contribution is 2.22. The Labute approximate surface area is 176 Å². The van der Waals surface area contributed by atoms with Crippen LogP contribution in [0.3, 0.4) is 0 Å². The molecule has 4 heterocycles. The van der Waals surface area contributed by atoms with Gasteiger partial charge in [0.05, 0.1) is 23.3 Å². The van der Waals surface area contributed by atoms with Crippen LogP contribution in [0.2, 0.25) is 0 Å². The van der Waals surface area contributed by atoms with Crippen LogP contribution in [0.1, 0.15) is 30.9 Å². The van der Waals surface area contributed by atoms with Crippen LogP contribution in [0.4, 0.5) is 11.6 Å². The highest BCUT2D eigenvalue weighted by atomic mass is 15.2. The summed E-state index contributed by atoms with van der Waals surface area (Å²) in [5, 5.41) is 11.5.